The standard InChI is InChI=1S/C55H42N4/c1-37-18-22-41(23-19-37)51-36-52(57-55(56-51)42-24-20-38(2)21-25-42)48-32-28-43(34-39(48)3)40-26-29-46(30-27-40)59-53-17-11-10-16-49(53)50-35-47(31-33-54(50)59)58(44-12-6-4-7-13-44)45-14-8-5-9-15-45/h4-36H,1-3H3. The van der Waals surface area contributed by atoms with E-state index in [9.17, 15) is 0 Å². The van der Waals surface area contributed by atoms with Gasteiger partial charge in [-0.05, 0) is 104 Å². The summed E-state index contributed by atoms with van der Waals surface area (Å²) < 4.78 is 2.38. The van der Waals surface area contributed by atoms with Gasteiger partial charge in [-0.3, -0.25) is 0 Å². The van der Waals surface area contributed by atoms with Crippen molar-refractivity contribution < 1.29 is 0 Å². The Morgan fingerprint density at radius 3 is 1.61 bits per heavy atom. The molecular weight excluding hydrogens is 717 g/mol. The first-order chi connectivity index (χ1) is 29.0. The molecule has 10 aromatic rings. The zero-order valence-electron chi connectivity index (χ0n) is 33.3. The number of anilines is 3. The fourth-order valence-corrected chi connectivity index (χ4v) is 8.20. The average molecular weight is 759 g/mol. The Morgan fingerprint density at radius 1 is 0.390 bits per heavy atom. The quantitative estimate of drug-likeness (QED) is 0.155. The zero-order chi connectivity index (χ0) is 39.9. The molecule has 59 heavy (non-hydrogen) atoms. The van der Waals surface area contributed by atoms with Crippen molar-refractivity contribution in [1.29, 1.82) is 0 Å². The highest BCUT2D eigenvalue weighted by atomic mass is 15.1. The van der Waals surface area contributed by atoms with Crippen molar-refractivity contribution in [3.63, 3.8) is 0 Å². The van der Waals surface area contributed by atoms with Crippen LogP contribution in [0.25, 0.3) is 72.5 Å². The maximum atomic E-state index is 5.13. The van der Waals surface area contributed by atoms with Gasteiger partial charge in [0.2, 0.25) is 0 Å². The molecule has 0 spiro atoms. The van der Waals surface area contributed by atoms with Crippen LogP contribution in [0.15, 0.2) is 200 Å². The Hall–Kier alpha value is -7.56. The van der Waals surface area contributed by atoms with Crippen LogP contribution >= 0.6 is 0 Å². The summed E-state index contributed by atoms with van der Waals surface area (Å²) in [7, 11) is 0. The molecule has 0 saturated carbocycles. The Balaban J connectivity index is 1.00. The van der Waals surface area contributed by atoms with E-state index in [4.69, 9.17) is 9.97 Å². The molecular formula is C55H42N4. The van der Waals surface area contributed by atoms with E-state index < -0.39 is 0 Å². The molecule has 0 N–H and O–H groups in total. The van der Waals surface area contributed by atoms with Crippen LogP contribution in [0.1, 0.15) is 16.7 Å². The summed E-state index contributed by atoms with van der Waals surface area (Å²) in [5.41, 5.74) is 17.8. The SMILES string of the molecule is Cc1ccc(-c2cc(-c3ccc(-c4ccc(-n5c6ccccc6c6cc(N(c7ccccc7)c7ccccc7)ccc65)cc4)cc3C)nc(-c3ccc(C)cc3)n2)cc1. The van der Waals surface area contributed by atoms with Gasteiger partial charge in [0, 0.05) is 50.2 Å². The van der Waals surface area contributed by atoms with Crippen molar-refractivity contribution in [3.05, 3.63) is 217 Å². The Labute approximate surface area is 345 Å². The topological polar surface area (TPSA) is 34.0 Å². The fraction of sp³-hybridized carbons (Fsp3) is 0.0545. The van der Waals surface area contributed by atoms with Gasteiger partial charge in [-0.25, -0.2) is 9.97 Å². The molecule has 0 aliphatic rings. The molecule has 8 aromatic carbocycles. The normalized spacial score (nSPS) is 11.3. The van der Waals surface area contributed by atoms with E-state index in [1.54, 1.807) is 0 Å². The monoisotopic (exact) mass is 758 g/mol. The van der Waals surface area contributed by atoms with Crippen molar-refractivity contribution in [2.24, 2.45) is 0 Å². The van der Waals surface area contributed by atoms with E-state index in [-0.39, 0.29) is 0 Å². The predicted octanol–water partition coefficient (Wildman–Crippen LogP) is 14.6. The lowest BCUT2D eigenvalue weighted by Crippen LogP contribution is -2.09. The number of hydrogen-bond acceptors (Lipinski definition) is 3. The number of benzene rings is 8. The van der Waals surface area contributed by atoms with E-state index in [1.165, 1.54) is 32.9 Å². The second-order valence-corrected chi connectivity index (χ2v) is 15.3. The summed E-state index contributed by atoms with van der Waals surface area (Å²) in [6, 6.07) is 71.5. The predicted molar refractivity (Wildman–Crippen MR) is 247 cm³/mol. The van der Waals surface area contributed by atoms with Crippen LogP contribution in [0.2, 0.25) is 0 Å². The van der Waals surface area contributed by atoms with Gasteiger partial charge in [-0.1, -0.05) is 145 Å². The maximum Gasteiger partial charge on any atom is 0.160 e. The lowest BCUT2D eigenvalue weighted by atomic mass is 9.97. The highest BCUT2D eigenvalue weighted by Crippen LogP contribution is 2.40. The van der Waals surface area contributed by atoms with Crippen LogP contribution < -0.4 is 4.90 Å². The molecule has 0 saturated heterocycles. The van der Waals surface area contributed by atoms with E-state index in [1.807, 2.05) is 0 Å². The summed E-state index contributed by atoms with van der Waals surface area (Å²) in [6.07, 6.45) is 0. The number of rotatable bonds is 8. The number of hydrogen-bond donors (Lipinski definition) is 0. The van der Waals surface area contributed by atoms with Crippen LogP contribution in [0.3, 0.4) is 0 Å². The summed E-state index contributed by atoms with van der Waals surface area (Å²) in [6.45, 7) is 6.39. The van der Waals surface area contributed by atoms with Crippen molar-refractivity contribution in [2.75, 3.05) is 4.90 Å². The minimum atomic E-state index is 0.725. The summed E-state index contributed by atoms with van der Waals surface area (Å²) in [5.74, 6) is 0.725. The molecule has 0 atom stereocenters. The number of nitrogens with zero attached hydrogens (tertiary/aromatic N) is 4. The maximum absolute atomic E-state index is 5.13. The average Bonchev–Trinajstić information content (AvgIpc) is 3.61. The van der Waals surface area contributed by atoms with Crippen molar-refractivity contribution in [3.8, 4) is 50.7 Å². The molecule has 0 bridgehead atoms. The van der Waals surface area contributed by atoms with Gasteiger partial charge < -0.3 is 9.47 Å². The summed E-state index contributed by atoms with van der Waals surface area (Å²) in [5, 5.41) is 2.44. The first-order valence-corrected chi connectivity index (χ1v) is 20.2. The van der Waals surface area contributed by atoms with Gasteiger partial charge in [-0.15, -0.1) is 0 Å². The molecule has 2 aromatic heterocycles. The molecule has 4 heteroatoms. The number of fused-ring (bicyclic) bond motifs is 3. The third kappa shape index (κ3) is 6.85. The highest BCUT2D eigenvalue weighted by molar-refractivity contribution is 6.10. The fourth-order valence-electron chi connectivity index (χ4n) is 8.20. The summed E-state index contributed by atoms with van der Waals surface area (Å²) in [4.78, 5) is 12.5. The van der Waals surface area contributed by atoms with Gasteiger partial charge in [0.05, 0.1) is 22.4 Å². The lowest BCUT2D eigenvalue weighted by molar-refractivity contribution is 1.18. The lowest BCUT2D eigenvalue weighted by Gasteiger charge is -2.25. The van der Waals surface area contributed by atoms with Crippen LogP contribution in [-0.2, 0) is 0 Å². The molecule has 0 aliphatic heterocycles. The molecule has 2 heterocycles. The molecule has 0 aliphatic carbocycles. The van der Waals surface area contributed by atoms with E-state index >= 15 is 0 Å². The van der Waals surface area contributed by atoms with Gasteiger partial charge in [0.1, 0.15) is 0 Å². The highest BCUT2D eigenvalue weighted by Gasteiger charge is 2.18. The molecule has 0 amide bonds. The first-order valence-electron chi connectivity index (χ1n) is 20.2. The van der Waals surface area contributed by atoms with Gasteiger partial charge >= 0.3 is 0 Å². The van der Waals surface area contributed by atoms with Crippen molar-refractivity contribution in [1.82, 2.24) is 14.5 Å². The second kappa shape index (κ2) is 15.1. The summed E-state index contributed by atoms with van der Waals surface area (Å²) >= 11 is 0. The molecule has 0 fully saturated rings. The Bertz CT molecular complexity index is 2990. The van der Waals surface area contributed by atoms with Gasteiger partial charge in [0.25, 0.3) is 0 Å². The van der Waals surface area contributed by atoms with Crippen LogP contribution in [0.5, 0.6) is 0 Å². The van der Waals surface area contributed by atoms with Crippen LogP contribution in [-0.4, -0.2) is 14.5 Å². The van der Waals surface area contributed by atoms with E-state index in [2.05, 4.69) is 230 Å². The molecule has 0 unspecified atom stereocenters. The number of aromatic nitrogens is 3. The van der Waals surface area contributed by atoms with Gasteiger partial charge in [-0.2, -0.15) is 0 Å². The third-order valence-corrected chi connectivity index (χ3v) is 11.3. The number of para-hydroxylation sites is 3. The minimum Gasteiger partial charge on any atom is -0.310 e. The Morgan fingerprint density at radius 2 is 0.949 bits per heavy atom. The molecule has 4 nitrogen and oxygen atoms in total. The zero-order valence-corrected chi connectivity index (χ0v) is 33.3. The third-order valence-electron chi connectivity index (χ3n) is 11.3. The van der Waals surface area contributed by atoms with Crippen LogP contribution in [0.4, 0.5) is 17.1 Å². The molecule has 10 rings (SSSR count). The minimum absolute atomic E-state index is 0.725. The largest absolute Gasteiger partial charge is 0.310 e. The molecule has 282 valence electrons. The van der Waals surface area contributed by atoms with Crippen molar-refractivity contribution in [2.45, 2.75) is 20.8 Å². The smallest absolute Gasteiger partial charge is 0.160 e. The second-order valence-electron chi connectivity index (χ2n) is 15.3. The molecule has 0 radical (unpaired) electrons. The van der Waals surface area contributed by atoms with Gasteiger partial charge in [0.15, 0.2) is 5.82 Å². The first kappa shape index (κ1) is 35.8. The van der Waals surface area contributed by atoms with Crippen LogP contribution in [0, 0.1) is 20.8 Å². The Kier molecular flexibility index (Phi) is 9.15. The van der Waals surface area contributed by atoms with E-state index in [0.29, 0.717) is 0 Å². The number of aryl methyl sites for hydroxylation is 3. The van der Waals surface area contributed by atoms with E-state index in [0.717, 1.165) is 73.3 Å². The van der Waals surface area contributed by atoms with Crippen molar-refractivity contribution >= 4 is 38.9 Å².